The highest BCUT2D eigenvalue weighted by Gasteiger charge is 2.58. The van der Waals surface area contributed by atoms with E-state index < -0.39 is 17.9 Å². The van der Waals surface area contributed by atoms with Crippen LogP contribution in [0.15, 0.2) is 146 Å². The van der Waals surface area contributed by atoms with Crippen molar-refractivity contribution < 1.29 is 29.7 Å². The molecular formula is C50H44O6. The molecule has 0 aliphatic heterocycles. The Hall–Kier alpha value is -6.27. The summed E-state index contributed by atoms with van der Waals surface area (Å²) in [6.07, 6.45) is 5.13. The predicted octanol–water partition coefficient (Wildman–Crippen LogP) is 11.5. The van der Waals surface area contributed by atoms with Crippen molar-refractivity contribution in [2.75, 3.05) is 0 Å². The number of benzene rings is 6. The highest BCUT2D eigenvalue weighted by Crippen LogP contribution is 2.64. The van der Waals surface area contributed by atoms with Gasteiger partial charge in [0.05, 0.1) is 16.7 Å². The van der Waals surface area contributed by atoms with Gasteiger partial charge in [-0.1, -0.05) is 123 Å². The molecule has 6 aromatic carbocycles. The summed E-state index contributed by atoms with van der Waals surface area (Å²) < 4.78 is 0. The normalized spacial score (nSPS) is 22.9. The van der Waals surface area contributed by atoms with Crippen LogP contribution in [0.1, 0.15) is 93.7 Å². The van der Waals surface area contributed by atoms with Crippen LogP contribution in [0.25, 0.3) is 33.4 Å². The fourth-order valence-electron chi connectivity index (χ4n) is 10.4. The lowest BCUT2D eigenvalue weighted by atomic mass is 9.43. The molecule has 0 heterocycles. The van der Waals surface area contributed by atoms with E-state index in [2.05, 4.69) is 86.6 Å². The summed E-state index contributed by atoms with van der Waals surface area (Å²) in [6, 6.07) is 47.9. The third kappa shape index (κ3) is 6.81. The molecular weight excluding hydrogens is 697 g/mol. The number of carboxylic acids is 3. The molecule has 0 saturated heterocycles. The summed E-state index contributed by atoms with van der Waals surface area (Å²) >= 11 is 0. The van der Waals surface area contributed by atoms with Crippen molar-refractivity contribution in [1.82, 2.24) is 0 Å². The van der Waals surface area contributed by atoms with E-state index in [1.54, 1.807) is 36.4 Å². The van der Waals surface area contributed by atoms with E-state index in [1.807, 2.05) is 36.4 Å². The number of aromatic carboxylic acids is 3. The Bertz CT molecular complexity index is 2290. The van der Waals surface area contributed by atoms with Crippen LogP contribution in [-0.4, -0.2) is 33.2 Å². The Balaban J connectivity index is 1.18. The number of rotatable bonds is 9. The van der Waals surface area contributed by atoms with E-state index >= 15 is 0 Å². The van der Waals surface area contributed by atoms with Crippen LogP contribution >= 0.6 is 0 Å². The van der Waals surface area contributed by atoms with Crippen molar-refractivity contribution in [3.05, 3.63) is 179 Å². The van der Waals surface area contributed by atoms with Gasteiger partial charge in [0, 0.05) is 0 Å². The summed E-state index contributed by atoms with van der Waals surface area (Å²) in [6.45, 7) is 4.82. The topological polar surface area (TPSA) is 112 Å². The first kappa shape index (κ1) is 36.7. The van der Waals surface area contributed by atoms with E-state index in [4.69, 9.17) is 0 Å². The number of carboxylic acid groups (broad SMARTS) is 3. The Kier molecular flexibility index (Phi) is 9.24. The van der Waals surface area contributed by atoms with Crippen molar-refractivity contribution in [1.29, 1.82) is 0 Å². The summed E-state index contributed by atoms with van der Waals surface area (Å²) in [7, 11) is 0. The van der Waals surface area contributed by atoms with Crippen molar-refractivity contribution in [3.63, 3.8) is 0 Å². The highest BCUT2D eigenvalue weighted by molar-refractivity contribution is 5.89. The highest BCUT2D eigenvalue weighted by atomic mass is 16.4. The van der Waals surface area contributed by atoms with Gasteiger partial charge >= 0.3 is 17.9 Å². The molecule has 3 N–H and O–H groups in total. The third-order valence-corrected chi connectivity index (χ3v) is 12.6. The van der Waals surface area contributed by atoms with Crippen LogP contribution in [0.2, 0.25) is 0 Å². The number of hydrogen-bond donors (Lipinski definition) is 3. The number of fused-ring (bicyclic) bond motifs is 2. The van der Waals surface area contributed by atoms with Gasteiger partial charge in [-0.25, -0.2) is 14.4 Å². The van der Waals surface area contributed by atoms with Gasteiger partial charge in [0.25, 0.3) is 0 Å². The molecule has 2 aliphatic rings. The molecule has 2 unspecified atom stereocenters. The second-order valence-electron chi connectivity index (χ2n) is 16.5. The molecule has 8 rings (SSSR count). The van der Waals surface area contributed by atoms with Gasteiger partial charge in [0.15, 0.2) is 0 Å². The predicted molar refractivity (Wildman–Crippen MR) is 219 cm³/mol. The molecule has 2 fully saturated rings. The molecule has 2 saturated carbocycles. The SMILES string of the molecule is CC1CC2(c3ccc(-c4ccc(C(=O)O)cc4)cc3)CC(C)(c3ccc(-c4ccc(C(=O)O)cc4)cc3)CC(c3ccc(-c4ccc(C(=O)O)cc4)cc3)(C1)C2. The van der Waals surface area contributed by atoms with Crippen LogP contribution in [-0.2, 0) is 16.2 Å². The average molecular weight is 741 g/mol. The molecule has 6 aromatic rings. The number of hydrogen-bond acceptors (Lipinski definition) is 3. The third-order valence-electron chi connectivity index (χ3n) is 12.6. The van der Waals surface area contributed by atoms with Gasteiger partial charge in [-0.05, 0) is 141 Å². The minimum absolute atomic E-state index is 0.104. The second-order valence-corrected chi connectivity index (χ2v) is 16.5. The lowest BCUT2D eigenvalue weighted by Crippen LogP contribution is -2.55. The lowest BCUT2D eigenvalue weighted by Gasteiger charge is -2.61. The Morgan fingerprint density at radius 2 is 0.661 bits per heavy atom. The van der Waals surface area contributed by atoms with Crippen molar-refractivity contribution in [2.45, 2.75) is 62.2 Å². The molecule has 6 nitrogen and oxygen atoms in total. The fourth-order valence-corrected chi connectivity index (χ4v) is 10.4. The van der Waals surface area contributed by atoms with E-state index in [9.17, 15) is 29.7 Å². The number of carbonyl (C=O) groups is 3. The molecule has 56 heavy (non-hydrogen) atoms. The summed E-state index contributed by atoms with van der Waals surface area (Å²) in [4.78, 5) is 34.4. The summed E-state index contributed by atoms with van der Waals surface area (Å²) in [5.74, 6) is -2.33. The minimum atomic E-state index is -0.937. The van der Waals surface area contributed by atoms with E-state index in [0.717, 1.165) is 65.5 Å². The zero-order valence-electron chi connectivity index (χ0n) is 31.5. The first-order valence-corrected chi connectivity index (χ1v) is 19.2. The van der Waals surface area contributed by atoms with Crippen molar-refractivity contribution in [3.8, 4) is 33.4 Å². The average Bonchev–Trinajstić information content (AvgIpc) is 3.20. The van der Waals surface area contributed by atoms with E-state index in [-0.39, 0.29) is 32.9 Å². The lowest BCUT2D eigenvalue weighted by molar-refractivity contribution is 0.0319. The van der Waals surface area contributed by atoms with Crippen LogP contribution in [0, 0.1) is 5.92 Å². The summed E-state index contributed by atoms with van der Waals surface area (Å²) in [5, 5.41) is 28.2. The molecule has 2 aliphatic carbocycles. The van der Waals surface area contributed by atoms with Gasteiger partial charge in [-0.2, -0.15) is 0 Å². The van der Waals surface area contributed by atoms with Gasteiger partial charge in [0.2, 0.25) is 0 Å². The Morgan fingerprint density at radius 3 is 0.929 bits per heavy atom. The maximum absolute atomic E-state index is 11.5. The molecule has 0 spiro atoms. The van der Waals surface area contributed by atoms with Gasteiger partial charge < -0.3 is 15.3 Å². The minimum Gasteiger partial charge on any atom is -0.478 e. The van der Waals surface area contributed by atoms with Gasteiger partial charge in [-0.3, -0.25) is 0 Å². The largest absolute Gasteiger partial charge is 0.478 e. The first-order valence-electron chi connectivity index (χ1n) is 19.2. The fraction of sp³-hybridized carbons (Fsp3) is 0.220. The molecule has 0 amide bonds. The van der Waals surface area contributed by atoms with Crippen LogP contribution < -0.4 is 0 Å². The standard InChI is InChI=1S/C50H44O6/c1-32-27-49(43-23-17-37(18-24-43)34-5-11-40(12-6-34)46(53)54)29-48(2,42-21-15-36(16-22-42)33-3-9-39(10-4-33)45(51)52)30-50(28-32,31-49)44-25-19-38(20-26-44)35-7-13-41(14-8-35)47(55)56/h3-26,32H,27-31H2,1-2H3,(H,51,52)(H,53,54)(H,55,56). The van der Waals surface area contributed by atoms with Crippen LogP contribution in [0.4, 0.5) is 0 Å². The second kappa shape index (κ2) is 14.1. The molecule has 6 heteroatoms. The monoisotopic (exact) mass is 740 g/mol. The Morgan fingerprint density at radius 1 is 0.411 bits per heavy atom. The summed E-state index contributed by atoms with van der Waals surface area (Å²) in [5.41, 5.74) is 10.5. The Labute approximate surface area is 327 Å². The smallest absolute Gasteiger partial charge is 0.335 e. The molecule has 0 aromatic heterocycles. The molecule has 0 radical (unpaired) electrons. The first-order chi connectivity index (χ1) is 26.9. The van der Waals surface area contributed by atoms with Crippen molar-refractivity contribution in [2.24, 2.45) is 5.92 Å². The van der Waals surface area contributed by atoms with Crippen LogP contribution in [0.5, 0.6) is 0 Å². The quantitative estimate of drug-likeness (QED) is 0.136. The zero-order chi connectivity index (χ0) is 39.2. The molecule has 2 atom stereocenters. The molecule has 280 valence electrons. The maximum atomic E-state index is 11.5. The van der Waals surface area contributed by atoms with Gasteiger partial charge in [-0.15, -0.1) is 0 Å². The zero-order valence-corrected chi connectivity index (χ0v) is 31.5. The van der Waals surface area contributed by atoms with Gasteiger partial charge in [0.1, 0.15) is 0 Å². The van der Waals surface area contributed by atoms with Crippen LogP contribution in [0.3, 0.4) is 0 Å². The molecule has 2 bridgehead atoms. The maximum Gasteiger partial charge on any atom is 0.335 e. The van der Waals surface area contributed by atoms with Crippen molar-refractivity contribution >= 4 is 17.9 Å². The van der Waals surface area contributed by atoms with E-state index in [0.29, 0.717) is 5.92 Å². The van der Waals surface area contributed by atoms with E-state index in [1.165, 1.54) is 16.7 Å².